The third-order valence-electron chi connectivity index (χ3n) is 2.80. The summed E-state index contributed by atoms with van der Waals surface area (Å²) >= 11 is 5.82. The first-order valence-electron chi connectivity index (χ1n) is 5.49. The van der Waals surface area contributed by atoms with Crippen LogP contribution in [0.4, 0.5) is 0 Å². The number of aryl methyl sites for hydroxylation is 1. The highest BCUT2D eigenvalue weighted by Gasteiger charge is 2.19. The molecular formula is C12H18ClNO2S. The van der Waals surface area contributed by atoms with Gasteiger partial charge in [0.05, 0.1) is 5.38 Å². The number of carbonyl (C=O) groups is 1. The van der Waals surface area contributed by atoms with Gasteiger partial charge < -0.3 is 4.57 Å². The zero-order valence-electron chi connectivity index (χ0n) is 10.6. The highest BCUT2D eigenvalue weighted by Crippen LogP contribution is 2.18. The normalized spacial score (nSPS) is 14.6. The summed E-state index contributed by atoms with van der Waals surface area (Å²) in [6, 6.07) is 1.86. The van der Waals surface area contributed by atoms with Gasteiger partial charge in [0.1, 0.15) is 0 Å². The maximum Gasteiger partial charge on any atom is 0.182 e. The topological polar surface area (TPSA) is 39.1 Å². The Labute approximate surface area is 110 Å². The lowest BCUT2D eigenvalue weighted by Gasteiger charge is -2.08. The van der Waals surface area contributed by atoms with Crippen molar-refractivity contribution in [2.24, 2.45) is 0 Å². The number of hydrogen-bond acceptors (Lipinski definition) is 2. The van der Waals surface area contributed by atoms with Crippen LogP contribution in [0.15, 0.2) is 6.07 Å². The Morgan fingerprint density at radius 2 is 2.12 bits per heavy atom. The summed E-state index contributed by atoms with van der Waals surface area (Å²) in [5.41, 5.74) is 2.59. The van der Waals surface area contributed by atoms with Crippen LogP contribution in [0.3, 0.4) is 0 Å². The summed E-state index contributed by atoms with van der Waals surface area (Å²) in [6.07, 6.45) is 1.68. The van der Waals surface area contributed by atoms with Crippen LogP contribution in [0.5, 0.6) is 0 Å². The van der Waals surface area contributed by atoms with E-state index in [4.69, 9.17) is 11.6 Å². The van der Waals surface area contributed by atoms with Gasteiger partial charge in [-0.2, -0.15) is 0 Å². The number of aromatic nitrogens is 1. The van der Waals surface area contributed by atoms with E-state index in [9.17, 15) is 9.00 Å². The number of alkyl halides is 1. The summed E-state index contributed by atoms with van der Waals surface area (Å²) in [5.74, 6) is 0.545. The Kier molecular flexibility index (Phi) is 4.95. The molecule has 0 saturated heterocycles. The van der Waals surface area contributed by atoms with Gasteiger partial charge in [0.25, 0.3) is 0 Å². The van der Waals surface area contributed by atoms with Crippen LogP contribution in [0.2, 0.25) is 0 Å². The third kappa shape index (κ3) is 3.42. The van der Waals surface area contributed by atoms with Crippen molar-refractivity contribution < 1.29 is 9.00 Å². The van der Waals surface area contributed by atoms with Crippen molar-refractivity contribution in [3.8, 4) is 0 Å². The highest BCUT2D eigenvalue weighted by molar-refractivity contribution is 7.84. The summed E-state index contributed by atoms with van der Waals surface area (Å²) < 4.78 is 13.1. The maximum atomic E-state index is 11.9. The van der Waals surface area contributed by atoms with E-state index in [0.29, 0.717) is 17.9 Å². The lowest BCUT2D eigenvalue weighted by molar-refractivity contribution is 0.0991. The minimum absolute atomic E-state index is 0.0522. The van der Waals surface area contributed by atoms with Crippen LogP contribution < -0.4 is 0 Å². The third-order valence-corrected chi connectivity index (χ3v) is 3.76. The molecule has 0 aromatic carbocycles. The van der Waals surface area contributed by atoms with Crippen LogP contribution in [0.1, 0.15) is 28.7 Å². The van der Waals surface area contributed by atoms with Crippen molar-refractivity contribution in [3.63, 3.8) is 0 Å². The van der Waals surface area contributed by atoms with Gasteiger partial charge in [0.2, 0.25) is 0 Å². The van der Waals surface area contributed by atoms with Gasteiger partial charge in [-0.1, -0.05) is 0 Å². The fraction of sp³-hybridized carbons (Fsp3) is 0.583. The highest BCUT2D eigenvalue weighted by atomic mass is 35.5. The van der Waals surface area contributed by atoms with Crippen LogP contribution in [0.25, 0.3) is 0 Å². The molecule has 2 atom stereocenters. The van der Waals surface area contributed by atoms with E-state index in [1.165, 1.54) is 0 Å². The Morgan fingerprint density at radius 1 is 1.53 bits per heavy atom. The second-order valence-electron chi connectivity index (χ2n) is 4.19. The molecule has 1 rings (SSSR count). The number of halogens is 1. The van der Waals surface area contributed by atoms with Gasteiger partial charge in [0.15, 0.2) is 5.78 Å². The molecule has 0 radical (unpaired) electrons. The Bertz CT molecular complexity index is 452. The van der Waals surface area contributed by atoms with E-state index in [0.717, 1.165) is 11.4 Å². The number of carbonyl (C=O) groups excluding carboxylic acids is 1. The van der Waals surface area contributed by atoms with E-state index >= 15 is 0 Å². The molecule has 1 aromatic heterocycles. The van der Waals surface area contributed by atoms with Crippen LogP contribution in [-0.4, -0.2) is 31.9 Å². The number of hydrogen-bond donors (Lipinski definition) is 0. The molecular weight excluding hydrogens is 258 g/mol. The van der Waals surface area contributed by atoms with Crippen molar-refractivity contribution >= 4 is 28.2 Å². The first kappa shape index (κ1) is 14.5. The van der Waals surface area contributed by atoms with E-state index < -0.39 is 16.2 Å². The smallest absolute Gasteiger partial charge is 0.182 e. The number of rotatable bonds is 5. The van der Waals surface area contributed by atoms with Gasteiger partial charge in [-0.15, -0.1) is 11.6 Å². The summed E-state index contributed by atoms with van der Waals surface area (Å²) in [6.45, 7) is 6.20. The minimum Gasteiger partial charge on any atom is -0.348 e. The zero-order chi connectivity index (χ0) is 13.2. The molecule has 96 valence electrons. The Morgan fingerprint density at radius 3 is 2.59 bits per heavy atom. The molecule has 1 aromatic rings. The van der Waals surface area contributed by atoms with Gasteiger partial charge in [0, 0.05) is 46.3 Å². The summed E-state index contributed by atoms with van der Waals surface area (Å²) in [7, 11) is -0.825. The van der Waals surface area contributed by atoms with Crippen LogP contribution in [0, 0.1) is 13.8 Å². The standard InChI is InChI=1S/C12H18ClNO2S/c1-8-7-11(12(15)9(2)13)10(3)14(8)5-6-17(4)16/h7,9H,5-6H2,1-4H3. The molecule has 0 N–H and O–H groups in total. The van der Waals surface area contributed by atoms with Crippen LogP contribution >= 0.6 is 11.6 Å². The van der Waals surface area contributed by atoms with Gasteiger partial charge in [-0.25, -0.2) is 0 Å². The number of ketones is 1. The van der Waals surface area contributed by atoms with E-state index in [1.54, 1.807) is 13.2 Å². The van der Waals surface area contributed by atoms with Gasteiger partial charge in [-0.3, -0.25) is 9.00 Å². The Balaban J connectivity index is 3.01. The van der Waals surface area contributed by atoms with E-state index in [2.05, 4.69) is 0 Å². The second-order valence-corrected chi connectivity index (χ2v) is 6.40. The molecule has 0 aliphatic heterocycles. The lowest BCUT2D eigenvalue weighted by Crippen LogP contribution is -2.13. The molecule has 1 heterocycles. The molecule has 0 bridgehead atoms. The molecule has 17 heavy (non-hydrogen) atoms. The van der Waals surface area contributed by atoms with Crippen molar-refractivity contribution in [1.82, 2.24) is 4.57 Å². The molecule has 0 spiro atoms. The maximum absolute atomic E-state index is 11.9. The first-order valence-corrected chi connectivity index (χ1v) is 7.66. The van der Waals surface area contributed by atoms with Crippen LogP contribution in [-0.2, 0) is 17.3 Å². The first-order chi connectivity index (χ1) is 7.84. The molecule has 2 unspecified atom stereocenters. The molecule has 5 heteroatoms. The van der Waals surface area contributed by atoms with Crippen molar-refractivity contribution in [1.29, 1.82) is 0 Å². The second kappa shape index (κ2) is 5.83. The Hall–Kier alpha value is -0.610. The predicted molar refractivity (Wildman–Crippen MR) is 72.5 cm³/mol. The average Bonchev–Trinajstić information content (AvgIpc) is 2.50. The molecule has 0 aliphatic carbocycles. The minimum atomic E-state index is -0.825. The van der Waals surface area contributed by atoms with Crippen molar-refractivity contribution in [2.75, 3.05) is 12.0 Å². The molecule has 3 nitrogen and oxygen atoms in total. The quantitative estimate of drug-likeness (QED) is 0.611. The zero-order valence-corrected chi connectivity index (χ0v) is 12.2. The number of nitrogens with zero attached hydrogens (tertiary/aromatic N) is 1. The predicted octanol–water partition coefficient (Wildman–Crippen LogP) is 2.29. The van der Waals surface area contributed by atoms with E-state index in [1.807, 2.05) is 24.5 Å². The van der Waals surface area contributed by atoms with Crippen molar-refractivity contribution in [2.45, 2.75) is 32.7 Å². The molecule has 0 fully saturated rings. The van der Waals surface area contributed by atoms with Crippen molar-refractivity contribution in [3.05, 3.63) is 23.0 Å². The van der Waals surface area contributed by atoms with E-state index in [-0.39, 0.29) is 5.78 Å². The average molecular weight is 276 g/mol. The SMILES string of the molecule is Cc1cc(C(=O)C(C)Cl)c(C)n1CCS(C)=O. The number of Topliss-reactive ketones (excluding diaryl/α,β-unsaturated/α-hetero) is 1. The van der Waals surface area contributed by atoms with Gasteiger partial charge >= 0.3 is 0 Å². The fourth-order valence-electron chi connectivity index (χ4n) is 1.83. The molecule has 0 amide bonds. The largest absolute Gasteiger partial charge is 0.348 e. The molecule has 0 saturated carbocycles. The fourth-order valence-corrected chi connectivity index (χ4v) is 2.39. The summed E-state index contributed by atoms with van der Waals surface area (Å²) in [4.78, 5) is 11.9. The molecule has 0 aliphatic rings. The lowest BCUT2D eigenvalue weighted by atomic mass is 10.1. The summed E-state index contributed by atoms with van der Waals surface area (Å²) in [5, 5.41) is -0.510. The van der Waals surface area contributed by atoms with Gasteiger partial charge in [-0.05, 0) is 26.8 Å². The monoisotopic (exact) mass is 275 g/mol.